The first-order valence-electron chi connectivity index (χ1n) is 8.82. The average molecular weight is 344 g/mol. The predicted octanol–water partition coefficient (Wildman–Crippen LogP) is 2.05. The monoisotopic (exact) mass is 344 g/mol. The number of nitrogens with zero attached hydrogens (tertiary/aromatic N) is 1. The summed E-state index contributed by atoms with van der Waals surface area (Å²) in [5.41, 5.74) is -0.302. The molecule has 25 heavy (non-hydrogen) atoms. The van der Waals surface area contributed by atoms with Crippen molar-refractivity contribution in [1.82, 2.24) is 10.2 Å². The molecular formula is C19H24N2O4. The van der Waals surface area contributed by atoms with Gasteiger partial charge in [-0.3, -0.25) is 14.4 Å². The molecule has 2 fully saturated rings. The molecule has 134 valence electrons. The van der Waals surface area contributed by atoms with Crippen LogP contribution in [0.5, 0.6) is 0 Å². The highest BCUT2D eigenvalue weighted by atomic mass is 16.4. The van der Waals surface area contributed by atoms with Crippen LogP contribution >= 0.6 is 0 Å². The molecule has 1 saturated heterocycles. The van der Waals surface area contributed by atoms with E-state index in [1.807, 2.05) is 18.2 Å². The zero-order valence-corrected chi connectivity index (χ0v) is 14.4. The first kappa shape index (κ1) is 17.5. The summed E-state index contributed by atoms with van der Waals surface area (Å²) in [6.45, 7) is 2.36. The summed E-state index contributed by atoms with van der Waals surface area (Å²) < 4.78 is 0. The Balaban J connectivity index is 1.70. The Morgan fingerprint density at radius 1 is 1.20 bits per heavy atom. The highest BCUT2D eigenvalue weighted by Crippen LogP contribution is 2.32. The summed E-state index contributed by atoms with van der Waals surface area (Å²) in [7, 11) is 0. The number of nitrogens with one attached hydrogen (secondary N) is 1. The minimum atomic E-state index is -0.881. The topological polar surface area (TPSA) is 86.7 Å². The molecule has 1 aromatic rings. The van der Waals surface area contributed by atoms with Crippen LogP contribution in [0.15, 0.2) is 30.3 Å². The van der Waals surface area contributed by atoms with Crippen molar-refractivity contribution in [2.24, 2.45) is 5.92 Å². The molecule has 2 amide bonds. The summed E-state index contributed by atoms with van der Waals surface area (Å²) in [4.78, 5) is 38.4. The van der Waals surface area contributed by atoms with Crippen molar-refractivity contribution < 1.29 is 19.5 Å². The first-order chi connectivity index (χ1) is 11.9. The Morgan fingerprint density at radius 2 is 1.92 bits per heavy atom. The van der Waals surface area contributed by atoms with Crippen molar-refractivity contribution in [2.75, 3.05) is 6.54 Å². The molecule has 0 spiro atoms. The van der Waals surface area contributed by atoms with Crippen molar-refractivity contribution >= 4 is 17.8 Å². The van der Waals surface area contributed by atoms with Crippen molar-refractivity contribution in [3.63, 3.8) is 0 Å². The lowest BCUT2D eigenvalue weighted by atomic mass is 9.96. The van der Waals surface area contributed by atoms with E-state index in [1.54, 1.807) is 24.0 Å². The third kappa shape index (κ3) is 3.38. The maximum Gasteiger partial charge on any atom is 0.306 e. The number of hydrogen-bond donors (Lipinski definition) is 2. The van der Waals surface area contributed by atoms with Gasteiger partial charge in [-0.1, -0.05) is 18.2 Å². The van der Waals surface area contributed by atoms with Crippen LogP contribution in [0.1, 0.15) is 49.4 Å². The molecular weight excluding hydrogens is 320 g/mol. The van der Waals surface area contributed by atoms with Gasteiger partial charge in [0.2, 0.25) is 5.91 Å². The molecule has 1 aliphatic heterocycles. The minimum absolute atomic E-state index is 0.125. The van der Waals surface area contributed by atoms with E-state index >= 15 is 0 Å². The number of aliphatic carboxylic acids is 1. The smallest absolute Gasteiger partial charge is 0.306 e. The number of carboxylic acids is 1. The molecule has 0 bridgehead atoms. The van der Waals surface area contributed by atoms with Crippen LogP contribution in [0.3, 0.4) is 0 Å². The Labute approximate surface area is 147 Å². The van der Waals surface area contributed by atoms with Crippen LogP contribution in [0.2, 0.25) is 0 Å². The van der Waals surface area contributed by atoms with E-state index < -0.39 is 11.5 Å². The lowest BCUT2D eigenvalue weighted by molar-refractivity contribution is -0.141. The van der Waals surface area contributed by atoms with Crippen LogP contribution in [0, 0.1) is 5.92 Å². The van der Waals surface area contributed by atoms with Crippen LogP contribution in [0.4, 0.5) is 0 Å². The summed E-state index contributed by atoms with van der Waals surface area (Å²) >= 11 is 0. The highest BCUT2D eigenvalue weighted by molar-refractivity contribution is 5.99. The fourth-order valence-electron chi connectivity index (χ4n) is 3.94. The number of amides is 2. The van der Waals surface area contributed by atoms with Gasteiger partial charge in [0.05, 0.1) is 5.92 Å². The lowest BCUT2D eigenvalue weighted by Gasteiger charge is -2.35. The second-order valence-corrected chi connectivity index (χ2v) is 7.22. The van der Waals surface area contributed by atoms with E-state index in [2.05, 4.69) is 5.32 Å². The van der Waals surface area contributed by atoms with Crippen molar-refractivity contribution in [3.8, 4) is 0 Å². The fourth-order valence-corrected chi connectivity index (χ4v) is 3.94. The SMILES string of the molecule is CC1(C(=O)N[C@@H]2CC[C@H](C(=O)O)C2)CCCN1C(=O)c1ccccc1. The first-order valence-corrected chi connectivity index (χ1v) is 8.82. The number of likely N-dealkylation sites (tertiary alicyclic amines) is 1. The molecule has 1 aromatic carbocycles. The number of hydrogen-bond acceptors (Lipinski definition) is 3. The van der Waals surface area contributed by atoms with E-state index in [4.69, 9.17) is 5.11 Å². The Morgan fingerprint density at radius 3 is 2.56 bits per heavy atom. The molecule has 0 aromatic heterocycles. The van der Waals surface area contributed by atoms with Gasteiger partial charge in [-0.05, 0) is 51.2 Å². The van der Waals surface area contributed by atoms with Gasteiger partial charge in [-0.2, -0.15) is 0 Å². The number of benzene rings is 1. The molecule has 1 aliphatic carbocycles. The van der Waals surface area contributed by atoms with Crippen LogP contribution in [0.25, 0.3) is 0 Å². The second-order valence-electron chi connectivity index (χ2n) is 7.22. The van der Waals surface area contributed by atoms with Gasteiger partial charge < -0.3 is 15.3 Å². The molecule has 3 rings (SSSR count). The zero-order valence-electron chi connectivity index (χ0n) is 14.4. The third-order valence-electron chi connectivity index (χ3n) is 5.51. The van der Waals surface area contributed by atoms with Crippen LogP contribution in [-0.4, -0.2) is 45.9 Å². The quantitative estimate of drug-likeness (QED) is 0.875. The number of carboxylic acid groups (broad SMARTS) is 1. The van der Waals surface area contributed by atoms with Gasteiger partial charge in [-0.25, -0.2) is 0 Å². The van der Waals surface area contributed by atoms with Crippen molar-refractivity contribution in [3.05, 3.63) is 35.9 Å². The molecule has 3 atom stereocenters. The summed E-state index contributed by atoms with van der Waals surface area (Å²) in [5.74, 6) is -1.50. The summed E-state index contributed by atoms with van der Waals surface area (Å²) in [6.07, 6.45) is 3.12. The number of carbonyl (C=O) groups is 3. The summed E-state index contributed by atoms with van der Waals surface area (Å²) in [5, 5.41) is 12.1. The van der Waals surface area contributed by atoms with Gasteiger partial charge in [0.1, 0.15) is 5.54 Å². The molecule has 6 heteroatoms. The molecule has 2 aliphatic rings. The highest BCUT2D eigenvalue weighted by Gasteiger charge is 2.46. The maximum atomic E-state index is 12.9. The normalized spacial score (nSPS) is 28.8. The standard InChI is InChI=1S/C19H24N2O4/c1-19(18(25)20-15-9-8-14(12-15)17(23)24)10-5-11-21(19)16(22)13-6-3-2-4-7-13/h2-4,6-7,14-15H,5,8-12H2,1H3,(H,20,25)(H,23,24)/t14-,15+,19?/m0/s1. The van der Waals surface area contributed by atoms with Gasteiger partial charge in [0.25, 0.3) is 5.91 Å². The number of rotatable bonds is 4. The van der Waals surface area contributed by atoms with Crippen molar-refractivity contribution in [1.29, 1.82) is 0 Å². The van der Waals surface area contributed by atoms with E-state index in [9.17, 15) is 14.4 Å². The van der Waals surface area contributed by atoms with E-state index in [1.165, 1.54) is 0 Å². The molecule has 6 nitrogen and oxygen atoms in total. The largest absolute Gasteiger partial charge is 0.481 e. The molecule has 1 heterocycles. The van der Waals surface area contributed by atoms with Gasteiger partial charge in [-0.15, -0.1) is 0 Å². The maximum absolute atomic E-state index is 12.9. The molecule has 1 unspecified atom stereocenters. The molecule has 1 saturated carbocycles. The number of carbonyl (C=O) groups excluding carboxylic acids is 2. The van der Waals surface area contributed by atoms with Gasteiger partial charge in [0, 0.05) is 18.2 Å². The zero-order chi connectivity index (χ0) is 18.0. The van der Waals surface area contributed by atoms with E-state index in [-0.39, 0.29) is 23.8 Å². The molecule has 0 radical (unpaired) electrons. The summed E-state index contributed by atoms with van der Waals surface area (Å²) in [6, 6.07) is 8.86. The Kier molecular flexibility index (Phi) is 4.79. The molecule has 2 N–H and O–H groups in total. The Bertz CT molecular complexity index is 675. The van der Waals surface area contributed by atoms with E-state index in [0.717, 1.165) is 6.42 Å². The fraction of sp³-hybridized carbons (Fsp3) is 0.526. The van der Waals surface area contributed by atoms with Crippen LogP contribution in [-0.2, 0) is 9.59 Å². The van der Waals surface area contributed by atoms with Crippen molar-refractivity contribution in [2.45, 2.75) is 50.6 Å². The Hall–Kier alpha value is -2.37. The van der Waals surface area contributed by atoms with Crippen LogP contribution < -0.4 is 5.32 Å². The average Bonchev–Trinajstić information content (AvgIpc) is 3.22. The predicted molar refractivity (Wildman–Crippen MR) is 92.0 cm³/mol. The van der Waals surface area contributed by atoms with E-state index in [0.29, 0.717) is 37.8 Å². The minimum Gasteiger partial charge on any atom is -0.481 e. The third-order valence-corrected chi connectivity index (χ3v) is 5.51. The van der Waals surface area contributed by atoms with Gasteiger partial charge in [0.15, 0.2) is 0 Å². The lowest BCUT2D eigenvalue weighted by Crippen LogP contribution is -2.57. The van der Waals surface area contributed by atoms with Gasteiger partial charge >= 0.3 is 5.97 Å². The second kappa shape index (κ2) is 6.86.